The molecule has 1 rings (SSSR count). The van der Waals surface area contributed by atoms with Gasteiger partial charge in [0.2, 0.25) is 0 Å². The zero-order valence-electron chi connectivity index (χ0n) is 7.83. The van der Waals surface area contributed by atoms with Crippen molar-refractivity contribution in [2.24, 2.45) is 5.73 Å². The van der Waals surface area contributed by atoms with Crippen LogP contribution in [0, 0.1) is 0 Å². The second-order valence-electron chi connectivity index (χ2n) is 3.21. The second-order valence-corrected chi connectivity index (χ2v) is 3.21. The Labute approximate surface area is 78.4 Å². The summed E-state index contributed by atoms with van der Waals surface area (Å²) in [6.45, 7) is 2.08. The predicted octanol–water partition coefficient (Wildman–Crippen LogP) is 1.77. The highest BCUT2D eigenvalue weighted by atomic mass is 16.3. The van der Waals surface area contributed by atoms with Gasteiger partial charge < -0.3 is 16.6 Å². The van der Waals surface area contributed by atoms with E-state index in [1.165, 1.54) is 0 Å². The number of rotatable bonds is 3. The molecule has 0 saturated carbocycles. The molecule has 0 heterocycles. The van der Waals surface area contributed by atoms with Gasteiger partial charge >= 0.3 is 0 Å². The van der Waals surface area contributed by atoms with Crippen LogP contribution in [0.2, 0.25) is 0 Å². The van der Waals surface area contributed by atoms with Crippen molar-refractivity contribution >= 4 is 5.69 Å². The van der Waals surface area contributed by atoms with Crippen molar-refractivity contribution in [3.05, 3.63) is 23.8 Å². The summed E-state index contributed by atoms with van der Waals surface area (Å²) in [7, 11) is 0. The Hall–Kier alpha value is -1.22. The van der Waals surface area contributed by atoms with Gasteiger partial charge in [-0.25, -0.2) is 0 Å². The summed E-state index contributed by atoms with van der Waals surface area (Å²) >= 11 is 0. The Balaban J connectivity index is 2.84. The van der Waals surface area contributed by atoms with Gasteiger partial charge in [-0.05, 0) is 24.1 Å². The molecule has 0 aliphatic heterocycles. The molecule has 1 aromatic carbocycles. The molecule has 0 bridgehead atoms. The quantitative estimate of drug-likeness (QED) is 0.490. The van der Waals surface area contributed by atoms with E-state index in [1.807, 2.05) is 6.07 Å². The maximum absolute atomic E-state index is 9.34. The van der Waals surface area contributed by atoms with Crippen LogP contribution >= 0.6 is 0 Å². The van der Waals surface area contributed by atoms with Gasteiger partial charge in [-0.15, -0.1) is 0 Å². The normalized spacial score (nSPS) is 12.8. The molecule has 13 heavy (non-hydrogen) atoms. The molecule has 0 spiro atoms. The molecule has 3 nitrogen and oxygen atoms in total. The molecule has 0 amide bonds. The van der Waals surface area contributed by atoms with E-state index in [2.05, 4.69) is 6.92 Å². The number of nitrogens with two attached hydrogens (primary N) is 2. The fraction of sp³-hybridized carbons (Fsp3) is 0.400. The maximum atomic E-state index is 9.34. The lowest BCUT2D eigenvalue weighted by atomic mass is 10.0. The molecular formula is C10H16N2O. The van der Waals surface area contributed by atoms with Crippen LogP contribution in [-0.2, 0) is 0 Å². The number of hydrogen-bond donors (Lipinski definition) is 3. The zero-order valence-corrected chi connectivity index (χ0v) is 7.83. The summed E-state index contributed by atoms with van der Waals surface area (Å²) in [5.41, 5.74) is 12.7. The van der Waals surface area contributed by atoms with E-state index in [1.54, 1.807) is 12.1 Å². The topological polar surface area (TPSA) is 72.3 Å². The molecule has 0 aliphatic rings. The SMILES string of the molecule is CCC[C@@H](N)c1ccc(N)c(O)c1. The highest BCUT2D eigenvalue weighted by Crippen LogP contribution is 2.25. The number of anilines is 1. The Morgan fingerprint density at radius 2 is 2.15 bits per heavy atom. The van der Waals surface area contributed by atoms with E-state index in [-0.39, 0.29) is 11.8 Å². The van der Waals surface area contributed by atoms with Crippen LogP contribution in [0.25, 0.3) is 0 Å². The van der Waals surface area contributed by atoms with E-state index < -0.39 is 0 Å². The first-order valence-corrected chi connectivity index (χ1v) is 4.49. The monoisotopic (exact) mass is 180 g/mol. The lowest BCUT2D eigenvalue weighted by molar-refractivity contribution is 0.476. The highest BCUT2D eigenvalue weighted by molar-refractivity contribution is 5.53. The van der Waals surface area contributed by atoms with E-state index in [4.69, 9.17) is 11.5 Å². The molecule has 0 unspecified atom stereocenters. The Morgan fingerprint density at radius 3 is 2.69 bits per heavy atom. The molecule has 1 aromatic rings. The fourth-order valence-electron chi connectivity index (χ4n) is 1.27. The van der Waals surface area contributed by atoms with E-state index in [0.717, 1.165) is 18.4 Å². The molecule has 0 aromatic heterocycles. The van der Waals surface area contributed by atoms with Crippen LogP contribution in [0.5, 0.6) is 5.75 Å². The van der Waals surface area contributed by atoms with Crippen molar-refractivity contribution in [3.8, 4) is 5.75 Å². The molecule has 3 heteroatoms. The standard InChI is InChI=1S/C10H16N2O/c1-2-3-8(11)7-4-5-9(12)10(13)6-7/h4-6,8,13H,2-3,11-12H2,1H3/t8-/m1/s1. The minimum atomic E-state index is -0.00324. The molecule has 0 radical (unpaired) electrons. The summed E-state index contributed by atoms with van der Waals surface area (Å²) in [5, 5.41) is 9.34. The molecule has 0 aliphatic carbocycles. The van der Waals surface area contributed by atoms with E-state index >= 15 is 0 Å². The van der Waals surface area contributed by atoms with Crippen LogP contribution < -0.4 is 11.5 Å². The number of aromatic hydroxyl groups is 1. The Kier molecular flexibility index (Phi) is 3.14. The van der Waals surface area contributed by atoms with Crippen LogP contribution in [0.15, 0.2) is 18.2 Å². The van der Waals surface area contributed by atoms with Crippen molar-refractivity contribution in [1.29, 1.82) is 0 Å². The lowest BCUT2D eigenvalue weighted by Gasteiger charge is -2.11. The predicted molar refractivity (Wildman–Crippen MR) is 54.4 cm³/mol. The first kappa shape index (κ1) is 9.86. The van der Waals surface area contributed by atoms with Gasteiger partial charge in [-0.1, -0.05) is 19.4 Å². The third kappa shape index (κ3) is 2.36. The molecule has 1 atom stereocenters. The van der Waals surface area contributed by atoms with Gasteiger partial charge in [0.05, 0.1) is 5.69 Å². The molecule has 72 valence electrons. The third-order valence-corrected chi connectivity index (χ3v) is 2.08. The van der Waals surface area contributed by atoms with Crippen molar-refractivity contribution in [2.75, 3.05) is 5.73 Å². The number of benzene rings is 1. The fourth-order valence-corrected chi connectivity index (χ4v) is 1.27. The van der Waals surface area contributed by atoms with Crippen LogP contribution in [0.4, 0.5) is 5.69 Å². The van der Waals surface area contributed by atoms with E-state index in [0.29, 0.717) is 5.69 Å². The Bertz CT molecular complexity index is 286. The van der Waals surface area contributed by atoms with Crippen molar-refractivity contribution in [3.63, 3.8) is 0 Å². The largest absolute Gasteiger partial charge is 0.506 e. The smallest absolute Gasteiger partial charge is 0.138 e. The van der Waals surface area contributed by atoms with Crippen molar-refractivity contribution in [2.45, 2.75) is 25.8 Å². The van der Waals surface area contributed by atoms with Crippen molar-refractivity contribution in [1.82, 2.24) is 0 Å². The maximum Gasteiger partial charge on any atom is 0.138 e. The minimum Gasteiger partial charge on any atom is -0.506 e. The average molecular weight is 180 g/mol. The Morgan fingerprint density at radius 1 is 1.46 bits per heavy atom. The molecular weight excluding hydrogens is 164 g/mol. The van der Waals surface area contributed by atoms with Gasteiger partial charge in [0.25, 0.3) is 0 Å². The average Bonchev–Trinajstić information content (AvgIpc) is 2.10. The summed E-state index contributed by atoms with van der Waals surface area (Å²) in [5.74, 6) is 0.115. The number of phenols is 1. The lowest BCUT2D eigenvalue weighted by Crippen LogP contribution is -2.09. The van der Waals surface area contributed by atoms with Gasteiger partial charge in [0.1, 0.15) is 5.75 Å². The van der Waals surface area contributed by atoms with Gasteiger partial charge in [-0.2, -0.15) is 0 Å². The van der Waals surface area contributed by atoms with Gasteiger partial charge in [-0.3, -0.25) is 0 Å². The number of phenolic OH excluding ortho intramolecular Hbond substituents is 1. The third-order valence-electron chi connectivity index (χ3n) is 2.08. The second kappa shape index (κ2) is 4.14. The van der Waals surface area contributed by atoms with E-state index in [9.17, 15) is 5.11 Å². The highest BCUT2D eigenvalue weighted by Gasteiger charge is 2.06. The first-order chi connectivity index (χ1) is 6.15. The zero-order chi connectivity index (χ0) is 9.84. The van der Waals surface area contributed by atoms with Crippen LogP contribution in [0.3, 0.4) is 0 Å². The number of hydrogen-bond acceptors (Lipinski definition) is 3. The number of nitrogen functional groups attached to an aromatic ring is 1. The first-order valence-electron chi connectivity index (χ1n) is 4.49. The van der Waals surface area contributed by atoms with Crippen LogP contribution in [-0.4, -0.2) is 5.11 Å². The summed E-state index contributed by atoms with van der Waals surface area (Å²) in [4.78, 5) is 0. The molecule has 0 saturated heterocycles. The van der Waals surface area contributed by atoms with Gasteiger partial charge in [0.15, 0.2) is 0 Å². The molecule has 5 N–H and O–H groups in total. The summed E-state index contributed by atoms with van der Waals surface area (Å²) < 4.78 is 0. The summed E-state index contributed by atoms with van der Waals surface area (Å²) in [6.07, 6.45) is 1.95. The summed E-state index contributed by atoms with van der Waals surface area (Å²) in [6, 6.07) is 5.17. The van der Waals surface area contributed by atoms with Crippen molar-refractivity contribution < 1.29 is 5.11 Å². The molecule has 0 fully saturated rings. The minimum absolute atomic E-state index is 0.00324. The van der Waals surface area contributed by atoms with Gasteiger partial charge in [0, 0.05) is 6.04 Å². The van der Waals surface area contributed by atoms with Crippen LogP contribution in [0.1, 0.15) is 31.4 Å².